The molecule has 2 aromatic carbocycles. The van der Waals surface area contributed by atoms with Crippen LogP contribution in [-0.4, -0.2) is 61.9 Å². The van der Waals surface area contributed by atoms with Crippen molar-refractivity contribution in [3.63, 3.8) is 0 Å². The summed E-state index contributed by atoms with van der Waals surface area (Å²) >= 11 is 0. The Morgan fingerprint density at radius 1 is 0.938 bits per heavy atom. The number of nitrogens with zero attached hydrogens (tertiary/aromatic N) is 3. The first-order valence-corrected chi connectivity index (χ1v) is 11.2. The Morgan fingerprint density at radius 2 is 1.75 bits per heavy atom. The molecule has 3 heterocycles. The lowest BCUT2D eigenvalue weighted by Gasteiger charge is -2.44. The van der Waals surface area contributed by atoms with Crippen molar-refractivity contribution >= 4 is 5.69 Å². The molecule has 0 spiro atoms. The van der Waals surface area contributed by atoms with Crippen molar-refractivity contribution in [2.75, 3.05) is 51.0 Å². The first-order valence-electron chi connectivity index (χ1n) is 11.2. The van der Waals surface area contributed by atoms with Gasteiger partial charge in [0.2, 0.25) is 6.79 Å². The van der Waals surface area contributed by atoms with Crippen LogP contribution in [0, 0.1) is 0 Å². The van der Waals surface area contributed by atoms with Gasteiger partial charge in [0.25, 0.3) is 0 Å². The molecule has 1 atom stereocenters. The maximum atomic E-state index is 13.1. The molecule has 2 saturated heterocycles. The van der Waals surface area contributed by atoms with Crippen LogP contribution in [0.3, 0.4) is 0 Å². The lowest BCUT2D eigenvalue weighted by Crippen LogP contribution is -2.55. The van der Waals surface area contributed by atoms with Crippen molar-refractivity contribution in [3.05, 3.63) is 53.6 Å². The third kappa shape index (κ3) is 4.52. The van der Waals surface area contributed by atoms with Crippen LogP contribution < -0.4 is 14.4 Å². The SMILES string of the molecule is FC(F)(F)c1cccc(N2CCN([C@@H]3CCCN(Cc4cccc5c4OCO5)C3)CC2)c1. The van der Waals surface area contributed by atoms with E-state index in [0.29, 0.717) is 11.7 Å². The predicted molar refractivity (Wildman–Crippen MR) is 116 cm³/mol. The van der Waals surface area contributed by atoms with E-state index in [1.807, 2.05) is 12.1 Å². The lowest BCUT2D eigenvalue weighted by molar-refractivity contribution is -0.137. The first-order chi connectivity index (χ1) is 15.5. The summed E-state index contributed by atoms with van der Waals surface area (Å²) in [4.78, 5) is 7.05. The minimum absolute atomic E-state index is 0.283. The van der Waals surface area contributed by atoms with Gasteiger partial charge in [-0.15, -0.1) is 0 Å². The van der Waals surface area contributed by atoms with Crippen LogP contribution in [0.25, 0.3) is 0 Å². The van der Waals surface area contributed by atoms with Crippen molar-refractivity contribution in [1.82, 2.24) is 9.80 Å². The number of benzene rings is 2. The molecule has 3 aliphatic rings. The van der Waals surface area contributed by atoms with Gasteiger partial charge in [0.05, 0.1) is 5.56 Å². The second-order valence-corrected chi connectivity index (χ2v) is 8.75. The summed E-state index contributed by atoms with van der Waals surface area (Å²) in [5, 5.41) is 0. The summed E-state index contributed by atoms with van der Waals surface area (Å²) in [5.74, 6) is 1.69. The van der Waals surface area contributed by atoms with E-state index in [1.54, 1.807) is 6.07 Å². The molecule has 0 aromatic heterocycles. The highest BCUT2D eigenvalue weighted by atomic mass is 19.4. The highest BCUT2D eigenvalue weighted by Gasteiger charge is 2.32. The Bertz CT molecular complexity index is 944. The Morgan fingerprint density at radius 3 is 2.56 bits per heavy atom. The molecule has 0 amide bonds. The summed E-state index contributed by atoms with van der Waals surface area (Å²) in [6.07, 6.45) is -2.00. The summed E-state index contributed by atoms with van der Waals surface area (Å²) < 4.78 is 50.3. The second kappa shape index (κ2) is 8.83. The number of anilines is 1. The van der Waals surface area contributed by atoms with Gasteiger partial charge in [0.15, 0.2) is 11.5 Å². The van der Waals surface area contributed by atoms with Gasteiger partial charge in [-0.05, 0) is 43.7 Å². The third-order valence-electron chi connectivity index (χ3n) is 6.72. The lowest BCUT2D eigenvalue weighted by atomic mass is 10.0. The molecule has 0 aliphatic carbocycles. The molecule has 0 bridgehead atoms. The van der Waals surface area contributed by atoms with Gasteiger partial charge in [-0.1, -0.05) is 18.2 Å². The summed E-state index contributed by atoms with van der Waals surface area (Å²) in [7, 11) is 0. The fourth-order valence-corrected chi connectivity index (χ4v) is 5.05. The van der Waals surface area contributed by atoms with E-state index in [9.17, 15) is 13.2 Å². The van der Waals surface area contributed by atoms with Crippen molar-refractivity contribution < 1.29 is 22.6 Å². The molecule has 3 aliphatic heterocycles. The van der Waals surface area contributed by atoms with Crippen LogP contribution in [-0.2, 0) is 12.7 Å². The number of likely N-dealkylation sites (tertiary alicyclic amines) is 1. The number of piperazine rings is 1. The van der Waals surface area contributed by atoms with E-state index < -0.39 is 11.7 Å². The fraction of sp³-hybridized carbons (Fsp3) is 0.500. The average Bonchev–Trinajstić information content (AvgIpc) is 3.29. The van der Waals surface area contributed by atoms with Crippen LogP contribution in [0.2, 0.25) is 0 Å². The van der Waals surface area contributed by atoms with Crippen LogP contribution in [0.4, 0.5) is 18.9 Å². The molecule has 172 valence electrons. The van der Waals surface area contributed by atoms with Gasteiger partial charge < -0.3 is 14.4 Å². The Labute approximate surface area is 186 Å². The molecule has 0 saturated carbocycles. The number of ether oxygens (including phenoxy) is 2. The number of halogens is 3. The predicted octanol–water partition coefficient (Wildman–Crippen LogP) is 4.22. The van der Waals surface area contributed by atoms with Crippen LogP contribution in [0.5, 0.6) is 11.5 Å². The average molecular weight is 448 g/mol. The molecule has 5 rings (SSSR count). The monoisotopic (exact) mass is 447 g/mol. The molecular formula is C24H28F3N3O2. The Hall–Kier alpha value is -2.45. The molecule has 8 heteroatoms. The first kappa shape index (κ1) is 21.4. The zero-order valence-corrected chi connectivity index (χ0v) is 18.0. The number of para-hydroxylation sites is 1. The van der Waals surface area contributed by atoms with Gasteiger partial charge in [0, 0.05) is 56.6 Å². The maximum absolute atomic E-state index is 13.1. The zero-order chi connectivity index (χ0) is 22.1. The number of hydrogen-bond donors (Lipinski definition) is 0. The Kier molecular flexibility index (Phi) is 5.90. The van der Waals surface area contributed by atoms with Gasteiger partial charge in [-0.2, -0.15) is 13.2 Å². The van der Waals surface area contributed by atoms with Crippen molar-refractivity contribution in [3.8, 4) is 11.5 Å². The number of piperidine rings is 1. The van der Waals surface area contributed by atoms with Crippen molar-refractivity contribution in [2.24, 2.45) is 0 Å². The van der Waals surface area contributed by atoms with E-state index in [4.69, 9.17) is 9.47 Å². The van der Waals surface area contributed by atoms with E-state index in [0.717, 1.165) is 81.8 Å². The molecule has 0 N–H and O–H groups in total. The summed E-state index contributed by atoms with van der Waals surface area (Å²) in [6, 6.07) is 12.2. The minimum atomic E-state index is -4.31. The quantitative estimate of drug-likeness (QED) is 0.700. The molecule has 5 nitrogen and oxygen atoms in total. The van der Waals surface area contributed by atoms with Crippen LogP contribution in [0.1, 0.15) is 24.0 Å². The zero-order valence-electron chi connectivity index (χ0n) is 18.0. The van der Waals surface area contributed by atoms with Gasteiger partial charge in [-0.25, -0.2) is 0 Å². The second-order valence-electron chi connectivity index (χ2n) is 8.75. The maximum Gasteiger partial charge on any atom is 0.416 e. The molecule has 0 unspecified atom stereocenters. The fourth-order valence-electron chi connectivity index (χ4n) is 5.05. The molecule has 2 aromatic rings. The number of alkyl halides is 3. The van der Waals surface area contributed by atoms with E-state index in [2.05, 4.69) is 20.8 Å². The van der Waals surface area contributed by atoms with E-state index in [1.165, 1.54) is 12.1 Å². The third-order valence-corrected chi connectivity index (χ3v) is 6.72. The van der Waals surface area contributed by atoms with Crippen LogP contribution >= 0.6 is 0 Å². The van der Waals surface area contributed by atoms with Gasteiger partial charge in [0.1, 0.15) is 0 Å². The molecule has 0 radical (unpaired) electrons. The smallest absolute Gasteiger partial charge is 0.416 e. The highest BCUT2D eigenvalue weighted by molar-refractivity contribution is 5.50. The largest absolute Gasteiger partial charge is 0.454 e. The van der Waals surface area contributed by atoms with Crippen LogP contribution in [0.15, 0.2) is 42.5 Å². The summed E-state index contributed by atoms with van der Waals surface area (Å²) in [6.45, 7) is 6.40. The Balaban J connectivity index is 1.18. The van der Waals surface area contributed by atoms with Crippen molar-refractivity contribution in [2.45, 2.75) is 31.6 Å². The summed E-state index contributed by atoms with van der Waals surface area (Å²) in [5.41, 5.74) is 1.24. The highest BCUT2D eigenvalue weighted by Crippen LogP contribution is 2.36. The number of fused-ring (bicyclic) bond motifs is 1. The normalized spacial score (nSPS) is 22.3. The molecule has 32 heavy (non-hydrogen) atoms. The van der Waals surface area contributed by atoms with E-state index in [-0.39, 0.29) is 6.79 Å². The van der Waals surface area contributed by atoms with E-state index >= 15 is 0 Å². The molecular weight excluding hydrogens is 419 g/mol. The minimum Gasteiger partial charge on any atom is -0.454 e. The number of hydrogen-bond acceptors (Lipinski definition) is 5. The van der Waals surface area contributed by atoms with Crippen molar-refractivity contribution in [1.29, 1.82) is 0 Å². The number of rotatable bonds is 4. The van der Waals surface area contributed by atoms with Gasteiger partial charge in [-0.3, -0.25) is 9.80 Å². The molecule has 2 fully saturated rings. The van der Waals surface area contributed by atoms with Gasteiger partial charge >= 0.3 is 6.18 Å². The topological polar surface area (TPSA) is 28.2 Å². The standard InChI is InChI=1S/C24H28F3N3O2/c25-24(26,27)19-5-2-6-20(14-19)29-10-12-30(13-11-29)21-7-3-9-28(16-21)15-18-4-1-8-22-23(18)32-17-31-22/h1-2,4-6,8,14,21H,3,7,9-13,15-17H2/t21-/m1/s1.